The molecule has 0 saturated carbocycles. The molecule has 1 N–H and O–H groups in total. The van der Waals surface area contributed by atoms with Crippen LogP contribution in [0.2, 0.25) is 5.02 Å². The van der Waals surface area contributed by atoms with Gasteiger partial charge >= 0.3 is 6.18 Å². The van der Waals surface area contributed by atoms with E-state index < -0.39 is 11.9 Å². The van der Waals surface area contributed by atoms with Gasteiger partial charge in [-0.05, 0) is 43.4 Å². The Labute approximate surface area is 155 Å². The van der Waals surface area contributed by atoms with E-state index in [1.165, 1.54) is 0 Å². The van der Waals surface area contributed by atoms with Gasteiger partial charge < -0.3 is 9.88 Å². The Balaban J connectivity index is 0.00000225. The Morgan fingerprint density at radius 1 is 1.04 bits per heavy atom. The van der Waals surface area contributed by atoms with Crippen molar-refractivity contribution in [1.29, 1.82) is 0 Å². The van der Waals surface area contributed by atoms with Gasteiger partial charge in [0.2, 0.25) is 0 Å². The van der Waals surface area contributed by atoms with Crippen LogP contribution in [-0.2, 0) is 12.7 Å². The highest BCUT2D eigenvalue weighted by Gasteiger charge is 2.32. The zero-order chi connectivity index (χ0) is 17.5. The van der Waals surface area contributed by atoms with E-state index in [-0.39, 0.29) is 12.4 Å². The Kier molecular flexibility index (Phi) is 5.72. The van der Waals surface area contributed by atoms with Crippen LogP contribution in [0.25, 0.3) is 22.0 Å². The van der Waals surface area contributed by atoms with Crippen molar-refractivity contribution in [1.82, 2.24) is 9.88 Å². The lowest BCUT2D eigenvalue weighted by Crippen LogP contribution is -2.11. The van der Waals surface area contributed by atoms with E-state index in [1.54, 1.807) is 12.1 Å². The second-order valence-electron chi connectivity index (χ2n) is 6.00. The molecule has 0 aliphatic carbocycles. The maximum Gasteiger partial charge on any atom is 0.431 e. The summed E-state index contributed by atoms with van der Waals surface area (Å²) >= 11 is 6.35. The molecule has 2 nitrogen and oxygen atoms in total. The van der Waals surface area contributed by atoms with E-state index >= 15 is 0 Å². The lowest BCUT2D eigenvalue weighted by molar-refractivity contribution is -0.140. The van der Waals surface area contributed by atoms with E-state index in [0.717, 1.165) is 22.8 Å². The molecule has 3 rings (SSSR count). The average Bonchev–Trinajstić information content (AvgIpc) is 2.89. The third-order valence-electron chi connectivity index (χ3n) is 3.81. The van der Waals surface area contributed by atoms with Crippen molar-refractivity contribution in [3.63, 3.8) is 0 Å². The first-order valence-corrected chi connectivity index (χ1v) is 7.76. The zero-order valence-electron chi connectivity index (χ0n) is 13.6. The van der Waals surface area contributed by atoms with Gasteiger partial charge in [0, 0.05) is 23.0 Å². The lowest BCUT2D eigenvalue weighted by atomic mass is 9.98. The number of halogens is 5. The minimum Gasteiger partial charge on any atom is -0.351 e. The van der Waals surface area contributed by atoms with Crippen molar-refractivity contribution < 1.29 is 13.2 Å². The van der Waals surface area contributed by atoms with Crippen molar-refractivity contribution in [2.75, 3.05) is 14.1 Å². The fourth-order valence-corrected chi connectivity index (χ4v) is 3.04. The fraction of sp³-hybridized carbons (Fsp3) is 0.222. The summed E-state index contributed by atoms with van der Waals surface area (Å²) < 4.78 is 38.7. The van der Waals surface area contributed by atoms with Gasteiger partial charge in [-0.2, -0.15) is 13.2 Å². The quantitative estimate of drug-likeness (QED) is 0.583. The number of alkyl halides is 3. The number of hydrogen-bond acceptors (Lipinski definition) is 1. The normalized spacial score (nSPS) is 11.8. The minimum atomic E-state index is -4.41. The first-order chi connectivity index (χ1) is 11.3. The SMILES string of the molecule is CN(C)Cc1ccccc1-c1cc2cc(C(F)(F)F)[nH]c2cc1Cl.Cl. The predicted molar refractivity (Wildman–Crippen MR) is 98.4 cm³/mol. The molecule has 7 heteroatoms. The van der Waals surface area contributed by atoms with Gasteiger partial charge in [-0.1, -0.05) is 35.9 Å². The Morgan fingerprint density at radius 3 is 2.36 bits per heavy atom. The number of aromatic nitrogens is 1. The molecule has 0 unspecified atom stereocenters. The van der Waals surface area contributed by atoms with Gasteiger partial charge in [-0.25, -0.2) is 0 Å². The van der Waals surface area contributed by atoms with Crippen molar-refractivity contribution in [2.24, 2.45) is 0 Å². The molecule has 3 aromatic rings. The molecule has 0 radical (unpaired) electrons. The van der Waals surface area contributed by atoms with Crippen LogP contribution in [0.3, 0.4) is 0 Å². The van der Waals surface area contributed by atoms with Gasteiger partial charge in [-0.15, -0.1) is 12.4 Å². The summed E-state index contributed by atoms with van der Waals surface area (Å²) in [5, 5.41) is 0.908. The second-order valence-corrected chi connectivity index (χ2v) is 6.40. The largest absolute Gasteiger partial charge is 0.431 e. The maximum atomic E-state index is 12.9. The zero-order valence-corrected chi connectivity index (χ0v) is 15.2. The molecule has 25 heavy (non-hydrogen) atoms. The number of nitrogens with one attached hydrogen (secondary N) is 1. The molecule has 0 saturated heterocycles. The van der Waals surface area contributed by atoms with Gasteiger partial charge in [0.05, 0.1) is 5.02 Å². The molecule has 0 aliphatic heterocycles. The molecular weight excluding hydrogens is 372 g/mol. The number of H-pyrrole nitrogens is 1. The standard InChI is InChI=1S/C18H16ClF3N2.ClH/c1-24(2)10-11-5-3-4-6-13(11)14-7-12-8-17(18(20,21)22)23-16(12)9-15(14)19;/h3-9,23H,10H2,1-2H3;1H. The van der Waals surface area contributed by atoms with Gasteiger partial charge in [0.15, 0.2) is 0 Å². The molecule has 0 amide bonds. The molecule has 0 atom stereocenters. The number of rotatable bonds is 3. The van der Waals surface area contributed by atoms with Crippen LogP contribution in [0.5, 0.6) is 0 Å². The van der Waals surface area contributed by atoms with E-state index in [0.29, 0.717) is 22.5 Å². The molecule has 0 spiro atoms. The number of hydrogen-bond donors (Lipinski definition) is 1. The highest BCUT2D eigenvalue weighted by molar-refractivity contribution is 6.34. The highest BCUT2D eigenvalue weighted by Crippen LogP contribution is 2.37. The molecule has 0 aliphatic rings. The van der Waals surface area contributed by atoms with Crippen LogP contribution in [0.15, 0.2) is 42.5 Å². The molecule has 0 fully saturated rings. The van der Waals surface area contributed by atoms with Crippen LogP contribution in [0.4, 0.5) is 13.2 Å². The molecule has 2 aromatic carbocycles. The fourth-order valence-electron chi connectivity index (χ4n) is 2.78. The van der Waals surface area contributed by atoms with Gasteiger partial charge in [-0.3, -0.25) is 0 Å². The number of aromatic amines is 1. The van der Waals surface area contributed by atoms with E-state index in [4.69, 9.17) is 11.6 Å². The van der Waals surface area contributed by atoms with Crippen molar-refractivity contribution in [3.05, 3.63) is 58.7 Å². The number of nitrogens with zero attached hydrogens (tertiary/aromatic N) is 1. The Hall–Kier alpha value is -1.69. The lowest BCUT2D eigenvalue weighted by Gasteiger charge is -2.15. The number of fused-ring (bicyclic) bond motifs is 1. The minimum absolute atomic E-state index is 0. The Morgan fingerprint density at radius 2 is 1.72 bits per heavy atom. The highest BCUT2D eigenvalue weighted by atomic mass is 35.5. The third-order valence-corrected chi connectivity index (χ3v) is 4.12. The maximum absolute atomic E-state index is 12.9. The monoisotopic (exact) mass is 388 g/mol. The van der Waals surface area contributed by atoms with Gasteiger partial charge in [0.1, 0.15) is 5.69 Å². The summed E-state index contributed by atoms with van der Waals surface area (Å²) in [6.45, 7) is 0.714. The molecule has 1 heterocycles. The van der Waals surface area contributed by atoms with Crippen molar-refractivity contribution in [3.8, 4) is 11.1 Å². The van der Waals surface area contributed by atoms with Crippen molar-refractivity contribution >= 4 is 34.9 Å². The molecule has 1 aromatic heterocycles. The topological polar surface area (TPSA) is 19.0 Å². The number of benzene rings is 2. The summed E-state index contributed by atoms with van der Waals surface area (Å²) in [5.74, 6) is 0. The first-order valence-electron chi connectivity index (χ1n) is 7.38. The van der Waals surface area contributed by atoms with Crippen LogP contribution in [-0.4, -0.2) is 24.0 Å². The van der Waals surface area contributed by atoms with Crippen molar-refractivity contribution in [2.45, 2.75) is 12.7 Å². The summed E-state index contributed by atoms with van der Waals surface area (Å²) in [7, 11) is 3.92. The van der Waals surface area contributed by atoms with E-state index in [2.05, 4.69) is 4.98 Å². The third kappa shape index (κ3) is 4.11. The van der Waals surface area contributed by atoms with Gasteiger partial charge in [0.25, 0.3) is 0 Å². The van der Waals surface area contributed by atoms with Crippen LogP contribution in [0.1, 0.15) is 11.3 Å². The summed E-state index contributed by atoms with van der Waals surface area (Å²) in [5.41, 5.74) is 2.32. The van der Waals surface area contributed by atoms with Crippen LogP contribution in [0, 0.1) is 0 Å². The first kappa shape index (κ1) is 19.6. The molecular formula is C18H17Cl2F3N2. The van der Waals surface area contributed by atoms with E-state index in [9.17, 15) is 13.2 Å². The average molecular weight is 389 g/mol. The summed E-state index contributed by atoms with van der Waals surface area (Å²) in [6.07, 6.45) is -4.41. The van der Waals surface area contributed by atoms with E-state index in [1.807, 2.05) is 43.3 Å². The smallest absolute Gasteiger partial charge is 0.351 e. The predicted octanol–water partition coefficient (Wildman–Crippen LogP) is 5.99. The summed E-state index contributed by atoms with van der Waals surface area (Å²) in [6, 6.07) is 12.1. The second kappa shape index (κ2) is 7.28. The van der Waals surface area contributed by atoms with Crippen LogP contribution >= 0.6 is 24.0 Å². The molecule has 0 bridgehead atoms. The Bertz CT molecular complexity index is 886. The summed E-state index contributed by atoms with van der Waals surface area (Å²) in [4.78, 5) is 4.42. The van der Waals surface area contributed by atoms with Crippen LogP contribution < -0.4 is 0 Å². The molecule has 134 valence electrons.